The smallest absolute Gasteiger partial charge is 0.186 e. The average Bonchev–Trinajstić information content (AvgIpc) is 3.23. The fourth-order valence-corrected chi connectivity index (χ4v) is 5.25. The van der Waals surface area contributed by atoms with E-state index < -0.39 is 0 Å². The third kappa shape index (κ3) is 1.38. The van der Waals surface area contributed by atoms with Crippen molar-refractivity contribution in [1.29, 1.82) is 0 Å². The Labute approximate surface area is 127 Å². The Balaban J connectivity index is 1.28. The molecule has 2 heteroatoms. The molecule has 0 bridgehead atoms. The summed E-state index contributed by atoms with van der Waals surface area (Å²) in [4.78, 5) is 2.43. The molecule has 2 aliphatic carbocycles. The van der Waals surface area contributed by atoms with Crippen LogP contribution in [-0.4, -0.2) is 35.8 Å². The first-order valence-corrected chi connectivity index (χ1v) is 8.59. The van der Waals surface area contributed by atoms with Gasteiger partial charge >= 0.3 is 0 Å². The predicted molar refractivity (Wildman–Crippen MR) is 85.0 cm³/mol. The van der Waals surface area contributed by atoms with E-state index in [0.29, 0.717) is 5.92 Å². The zero-order valence-corrected chi connectivity index (χ0v) is 13.4. The fraction of sp³-hybridized carbons (Fsp3) is 0.684. The summed E-state index contributed by atoms with van der Waals surface area (Å²) in [7, 11) is 0. The van der Waals surface area contributed by atoms with Crippen LogP contribution < -0.4 is 0 Å². The molecule has 3 heterocycles. The Morgan fingerprint density at radius 1 is 1.57 bits per heavy atom. The van der Waals surface area contributed by atoms with Crippen molar-refractivity contribution in [1.82, 2.24) is 4.90 Å². The van der Waals surface area contributed by atoms with Gasteiger partial charge in [0.15, 0.2) is 18.3 Å². The Morgan fingerprint density at radius 3 is 2.95 bits per heavy atom. The van der Waals surface area contributed by atoms with Gasteiger partial charge in [-0.15, -0.1) is 0 Å². The van der Waals surface area contributed by atoms with Crippen LogP contribution >= 0.6 is 0 Å². The maximum Gasteiger partial charge on any atom is 0.186 e. The molecule has 4 fully saturated rings. The van der Waals surface area contributed by atoms with Gasteiger partial charge < -0.3 is 9.27 Å². The van der Waals surface area contributed by atoms with Crippen LogP contribution in [0.1, 0.15) is 33.6 Å². The maximum atomic E-state index is 4.48. The van der Waals surface area contributed by atoms with E-state index in [-0.39, 0.29) is 5.60 Å². The second-order valence-corrected chi connectivity index (χ2v) is 7.96. The third-order valence-corrected chi connectivity index (χ3v) is 6.87. The van der Waals surface area contributed by atoms with Crippen LogP contribution in [0.15, 0.2) is 35.6 Å². The monoisotopic (exact) mass is 284 g/mol. The van der Waals surface area contributed by atoms with Gasteiger partial charge in [-0.2, -0.15) is 0 Å². The van der Waals surface area contributed by atoms with Gasteiger partial charge in [-0.1, -0.05) is 25.2 Å². The van der Waals surface area contributed by atoms with Crippen molar-refractivity contribution in [3.05, 3.63) is 35.6 Å². The highest BCUT2D eigenvalue weighted by Crippen LogP contribution is 2.67. The quantitative estimate of drug-likeness (QED) is 0.435. The van der Waals surface area contributed by atoms with Crippen LogP contribution in [0, 0.1) is 17.8 Å². The van der Waals surface area contributed by atoms with Gasteiger partial charge in [0.1, 0.15) is 5.92 Å². The van der Waals surface area contributed by atoms with Crippen LogP contribution in [0.4, 0.5) is 0 Å². The van der Waals surface area contributed by atoms with Crippen molar-refractivity contribution in [3.8, 4) is 0 Å². The minimum absolute atomic E-state index is 0.212. The molecule has 0 amide bonds. The average molecular weight is 284 g/mol. The second-order valence-electron chi connectivity index (χ2n) is 7.96. The van der Waals surface area contributed by atoms with Crippen molar-refractivity contribution >= 4 is 0 Å². The van der Waals surface area contributed by atoms with E-state index in [1.807, 2.05) is 0 Å². The lowest BCUT2D eigenvalue weighted by Crippen LogP contribution is -2.58. The molecule has 0 aromatic rings. The highest BCUT2D eigenvalue weighted by atomic mass is 16.7. The molecule has 6 unspecified atom stereocenters. The lowest BCUT2D eigenvalue weighted by Gasteiger charge is -2.53. The number of hydrogen-bond acceptors (Lipinski definition) is 1. The number of fused-ring (bicyclic) bond motifs is 2. The van der Waals surface area contributed by atoms with E-state index in [1.54, 1.807) is 11.1 Å². The highest BCUT2D eigenvalue weighted by Gasteiger charge is 2.77. The maximum absolute atomic E-state index is 4.48. The van der Waals surface area contributed by atoms with Gasteiger partial charge in [0.2, 0.25) is 0 Å². The van der Waals surface area contributed by atoms with Crippen molar-refractivity contribution < 1.29 is 4.37 Å². The highest BCUT2D eigenvalue weighted by molar-refractivity contribution is 5.46. The number of rotatable bonds is 4. The predicted octanol–water partition coefficient (Wildman–Crippen LogP) is 3.44. The van der Waals surface area contributed by atoms with E-state index >= 15 is 0 Å². The molecule has 0 aromatic heterocycles. The lowest BCUT2D eigenvalue weighted by molar-refractivity contribution is -0.317. The Bertz CT molecular complexity index is 603. The molecule has 2 saturated heterocycles. The van der Waals surface area contributed by atoms with E-state index in [4.69, 9.17) is 0 Å². The molecule has 0 spiro atoms. The minimum atomic E-state index is 0.212. The van der Waals surface area contributed by atoms with Gasteiger partial charge in [-0.25, -0.2) is 0 Å². The van der Waals surface area contributed by atoms with Crippen molar-refractivity contribution in [2.24, 2.45) is 17.8 Å². The second kappa shape index (κ2) is 3.65. The van der Waals surface area contributed by atoms with Crippen LogP contribution in [0.5, 0.6) is 0 Å². The first-order chi connectivity index (χ1) is 10.1. The summed E-state index contributed by atoms with van der Waals surface area (Å²) in [6, 6.07) is 0.800. The SMILES string of the molecule is C=C1C(C2=CN3CC23)CC1(C)[O+]1CC2C(/C(C)=C\CC)C21. The van der Waals surface area contributed by atoms with Crippen LogP contribution in [-0.2, 0) is 4.37 Å². The Kier molecular flexibility index (Phi) is 2.18. The third-order valence-electron chi connectivity index (χ3n) is 6.87. The molecule has 112 valence electrons. The number of allylic oxidation sites excluding steroid dienone is 1. The summed E-state index contributed by atoms with van der Waals surface area (Å²) in [5.41, 5.74) is 4.96. The molecule has 5 aliphatic rings. The van der Waals surface area contributed by atoms with Gasteiger partial charge in [-0.05, 0) is 18.9 Å². The topological polar surface area (TPSA) is 5.71 Å². The molecular weight excluding hydrogens is 258 g/mol. The van der Waals surface area contributed by atoms with E-state index in [9.17, 15) is 0 Å². The molecule has 3 aliphatic heterocycles. The van der Waals surface area contributed by atoms with Crippen LogP contribution in [0.25, 0.3) is 0 Å². The molecule has 5 rings (SSSR count). The number of nitrogens with zero attached hydrogens (tertiary/aromatic N) is 1. The standard InChI is InChI=1S/C19H26NO/c1-5-6-11(2)17-15-10-21(18(15)17)19(4)7-13(12(19)3)14-8-20-9-16(14)20/h6,8,13,15-18H,3,5,7,9-10H2,1-2,4H3/q+1/b11-6-. The van der Waals surface area contributed by atoms with Crippen LogP contribution in [0.2, 0.25) is 0 Å². The Morgan fingerprint density at radius 2 is 2.38 bits per heavy atom. The summed E-state index contributed by atoms with van der Waals surface area (Å²) >= 11 is 0. The molecule has 0 N–H and O–H groups in total. The summed E-state index contributed by atoms with van der Waals surface area (Å²) < 4.78 is 3.70. The van der Waals surface area contributed by atoms with E-state index in [1.165, 1.54) is 31.6 Å². The van der Waals surface area contributed by atoms with Crippen LogP contribution in [0.3, 0.4) is 0 Å². The summed E-state index contributed by atoms with van der Waals surface area (Å²) in [6.45, 7) is 14.0. The largest absolute Gasteiger partial charge is 0.411 e. The molecule has 2 saturated carbocycles. The van der Waals surface area contributed by atoms with Gasteiger partial charge in [0.25, 0.3) is 0 Å². The normalized spacial score (nSPS) is 50.3. The van der Waals surface area contributed by atoms with Crippen molar-refractivity contribution in [2.75, 3.05) is 13.2 Å². The zero-order valence-electron chi connectivity index (χ0n) is 13.4. The molecule has 6 atom stereocenters. The van der Waals surface area contributed by atoms with E-state index in [0.717, 1.165) is 24.0 Å². The molecule has 0 radical (unpaired) electrons. The fourth-order valence-electron chi connectivity index (χ4n) is 5.25. The summed E-state index contributed by atoms with van der Waals surface area (Å²) in [5.74, 6) is 2.42. The first-order valence-electron chi connectivity index (χ1n) is 8.59. The molecular formula is C19H26NO+. The van der Waals surface area contributed by atoms with E-state index in [2.05, 4.69) is 48.9 Å². The zero-order chi connectivity index (χ0) is 14.5. The molecule has 2 nitrogen and oxygen atoms in total. The van der Waals surface area contributed by atoms with Gasteiger partial charge in [0, 0.05) is 37.6 Å². The first kappa shape index (κ1) is 12.5. The van der Waals surface area contributed by atoms with Crippen molar-refractivity contribution in [2.45, 2.75) is 51.4 Å². The van der Waals surface area contributed by atoms with Gasteiger partial charge in [0.05, 0.1) is 12.0 Å². The van der Waals surface area contributed by atoms with Gasteiger partial charge in [-0.3, -0.25) is 0 Å². The minimum Gasteiger partial charge on any atom is -0.411 e. The molecule has 0 aromatic carbocycles. The summed E-state index contributed by atoms with van der Waals surface area (Å²) in [5, 5.41) is 0. The number of hydrogen-bond donors (Lipinski definition) is 0. The Hall–Kier alpha value is -1.02. The lowest BCUT2D eigenvalue weighted by atomic mass is 9.63. The molecule has 21 heavy (non-hydrogen) atoms. The summed E-state index contributed by atoms with van der Waals surface area (Å²) in [6.07, 6.45) is 7.99. The van der Waals surface area contributed by atoms with Crippen molar-refractivity contribution in [3.63, 3.8) is 0 Å².